The van der Waals surface area contributed by atoms with E-state index in [0.29, 0.717) is 5.76 Å². The number of nitrogens with zero attached hydrogens (tertiary/aromatic N) is 2. The highest BCUT2D eigenvalue weighted by molar-refractivity contribution is 7.90. The van der Waals surface area contributed by atoms with E-state index in [1.54, 1.807) is 0 Å². The van der Waals surface area contributed by atoms with Crippen molar-refractivity contribution in [1.82, 2.24) is 4.98 Å². The van der Waals surface area contributed by atoms with Crippen LogP contribution < -0.4 is 0 Å². The maximum Gasteiger partial charge on any atom is 0.338 e. The normalized spacial score (nSPS) is 11.2. The van der Waals surface area contributed by atoms with E-state index in [2.05, 4.69) is 4.98 Å². The molecule has 1 heterocycles. The number of benzene rings is 2. The van der Waals surface area contributed by atoms with E-state index in [9.17, 15) is 23.3 Å². The number of ether oxygens (including phenoxy) is 1. The second kappa shape index (κ2) is 7.61. The minimum Gasteiger partial charge on any atom is -0.452 e. The summed E-state index contributed by atoms with van der Waals surface area (Å²) in [7, 11) is -3.82. The topological polar surface area (TPSA) is 130 Å². The molecule has 0 amide bonds. The monoisotopic (exact) mass is 402 g/mol. The number of carbonyl (C=O) groups is 1. The summed E-state index contributed by atoms with van der Waals surface area (Å²) in [5, 5.41) is 11.1. The van der Waals surface area contributed by atoms with Crippen LogP contribution in [0.1, 0.15) is 16.2 Å². The van der Waals surface area contributed by atoms with Crippen molar-refractivity contribution in [2.24, 2.45) is 0 Å². The van der Waals surface area contributed by atoms with Gasteiger partial charge in [0, 0.05) is 17.9 Å². The molecule has 0 spiro atoms. The lowest BCUT2D eigenvalue weighted by Gasteiger charge is -2.05. The molecule has 0 aliphatic carbocycles. The third-order valence-electron chi connectivity index (χ3n) is 3.73. The molecule has 28 heavy (non-hydrogen) atoms. The number of carbonyl (C=O) groups excluding carboxylic acids is 1. The number of hydrogen-bond acceptors (Lipinski definition) is 8. The number of nitro benzene ring substituents is 1. The summed E-state index contributed by atoms with van der Waals surface area (Å²) >= 11 is 0. The Morgan fingerprint density at radius 1 is 1.21 bits per heavy atom. The Morgan fingerprint density at radius 3 is 2.57 bits per heavy atom. The predicted molar refractivity (Wildman–Crippen MR) is 97.3 cm³/mol. The summed E-state index contributed by atoms with van der Waals surface area (Å²) < 4.78 is 33.8. The van der Waals surface area contributed by atoms with Crippen LogP contribution in [0, 0.1) is 10.1 Å². The van der Waals surface area contributed by atoms with Crippen molar-refractivity contribution in [1.29, 1.82) is 0 Å². The quantitative estimate of drug-likeness (QED) is 0.349. The van der Waals surface area contributed by atoms with Crippen molar-refractivity contribution < 1.29 is 27.3 Å². The highest BCUT2D eigenvalue weighted by Gasteiger charge is 2.24. The number of hydrogen-bond donors (Lipinski definition) is 0. The number of aromatic nitrogens is 1. The lowest BCUT2D eigenvalue weighted by molar-refractivity contribution is -0.387. The Morgan fingerprint density at radius 2 is 1.93 bits per heavy atom. The van der Waals surface area contributed by atoms with Gasteiger partial charge in [0.15, 0.2) is 22.2 Å². The lowest BCUT2D eigenvalue weighted by Crippen LogP contribution is -2.08. The number of rotatable bonds is 6. The third-order valence-corrected chi connectivity index (χ3v) is 4.87. The molecule has 0 unspecified atom stereocenters. The molecule has 0 saturated carbocycles. The van der Waals surface area contributed by atoms with Gasteiger partial charge in [0.25, 0.3) is 5.69 Å². The molecule has 0 fully saturated rings. The Balaban J connectivity index is 1.74. The summed E-state index contributed by atoms with van der Waals surface area (Å²) in [5.74, 6) is -0.225. The predicted octanol–water partition coefficient (Wildman–Crippen LogP) is 3.01. The van der Waals surface area contributed by atoms with E-state index >= 15 is 0 Å². The minimum atomic E-state index is -3.82. The van der Waals surface area contributed by atoms with Crippen LogP contribution in [0.25, 0.3) is 11.3 Å². The molecule has 0 aliphatic rings. The van der Waals surface area contributed by atoms with Crippen LogP contribution in [0.5, 0.6) is 0 Å². The molecule has 9 nitrogen and oxygen atoms in total. The zero-order chi connectivity index (χ0) is 20.3. The smallest absolute Gasteiger partial charge is 0.338 e. The van der Waals surface area contributed by atoms with Crippen molar-refractivity contribution in [3.8, 4) is 11.3 Å². The van der Waals surface area contributed by atoms with Crippen LogP contribution in [0.4, 0.5) is 5.69 Å². The first-order chi connectivity index (χ1) is 13.3. The first kappa shape index (κ1) is 19.2. The molecule has 0 saturated heterocycles. The van der Waals surface area contributed by atoms with Crippen LogP contribution >= 0.6 is 0 Å². The molecule has 144 valence electrons. The maximum atomic E-state index is 12.2. The first-order valence-corrected chi connectivity index (χ1v) is 9.80. The summed E-state index contributed by atoms with van der Waals surface area (Å²) in [6.07, 6.45) is 2.34. The van der Waals surface area contributed by atoms with Crippen LogP contribution in [0.3, 0.4) is 0 Å². The van der Waals surface area contributed by atoms with Crippen molar-refractivity contribution in [3.63, 3.8) is 0 Å². The van der Waals surface area contributed by atoms with Crippen LogP contribution in [0.15, 0.2) is 64.0 Å². The van der Waals surface area contributed by atoms with E-state index in [0.717, 1.165) is 30.0 Å². The van der Waals surface area contributed by atoms with Gasteiger partial charge in [-0.2, -0.15) is 0 Å². The maximum absolute atomic E-state index is 12.2. The third kappa shape index (κ3) is 4.23. The van der Waals surface area contributed by atoms with Gasteiger partial charge in [-0.1, -0.05) is 30.3 Å². The molecule has 0 N–H and O–H groups in total. The standard InChI is InChI=1S/C18H14N2O7S/c1-28(24,25)16-8-7-13(9-14(16)20(22)23)18(21)26-11-17-19-10-15(27-17)12-5-3-2-4-6-12/h2-10H,11H2,1H3. The Kier molecular flexibility index (Phi) is 5.23. The van der Waals surface area contributed by atoms with Gasteiger partial charge < -0.3 is 9.15 Å². The van der Waals surface area contributed by atoms with Gasteiger partial charge in [-0.15, -0.1) is 0 Å². The molecular weight excluding hydrogens is 388 g/mol. The van der Waals surface area contributed by atoms with Crippen LogP contribution in [0.2, 0.25) is 0 Å². The average molecular weight is 402 g/mol. The second-order valence-corrected chi connectivity index (χ2v) is 7.76. The van der Waals surface area contributed by atoms with Gasteiger partial charge in [0.1, 0.15) is 4.90 Å². The second-order valence-electron chi connectivity index (χ2n) is 5.77. The molecule has 2 aromatic carbocycles. The van der Waals surface area contributed by atoms with Gasteiger partial charge in [0.05, 0.1) is 16.7 Å². The van der Waals surface area contributed by atoms with E-state index < -0.39 is 31.3 Å². The molecule has 0 atom stereocenters. The van der Waals surface area contributed by atoms with Crippen molar-refractivity contribution in [3.05, 3.63) is 76.3 Å². The fraction of sp³-hybridized carbons (Fsp3) is 0.111. The zero-order valence-corrected chi connectivity index (χ0v) is 15.4. The fourth-order valence-corrected chi connectivity index (χ4v) is 3.25. The fourth-order valence-electron chi connectivity index (χ4n) is 2.42. The SMILES string of the molecule is CS(=O)(=O)c1ccc(C(=O)OCc2ncc(-c3ccccc3)o2)cc1[N+](=O)[O-]. The van der Waals surface area contributed by atoms with Crippen LogP contribution in [-0.2, 0) is 21.2 Å². The molecular formula is C18H14N2O7S. The van der Waals surface area contributed by atoms with Crippen molar-refractivity contribution in [2.75, 3.05) is 6.26 Å². The molecule has 10 heteroatoms. The average Bonchev–Trinajstić information content (AvgIpc) is 3.14. The van der Waals surface area contributed by atoms with Gasteiger partial charge >= 0.3 is 5.97 Å². The number of sulfone groups is 1. The van der Waals surface area contributed by atoms with Crippen molar-refractivity contribution in [2.45, 2.75) is 11.5 Å². The number of nitro groups is 1. The molecule has 3 aromatic rings. The summed E-state index contributed by atoms with van der Waals surface area (Å²) in [6, 6.07) is 12.2. The Hall–Kier alpha value is -3.53. The van der Waals surface area contributed by atoms with Gasteiger partial charge in [0.2, 0.25) is 5.89 Å². The van der Waals surface area contributed by atoms with Gasteiger partial charge in [-0.3, -0.25) is 10.1 Å². The molecule has 3 rings (SSSR count). The Bertz CT molecular complexity index is 1140. The number of esters is 1. The molecule has 0 bridgehead atoms. The minimum absolute atomic E-state index is 0.148. The summed E-state index contributed by atoms with van der Waals surface area (Å²) in [5.41, 5.74) is -0.0482. The molecule has 1 aromatic heterocycles. The largest absolute Gasteiger partial charge is 0.452 e. The summed E-state index contributed by atoms with van der Waals surface area (Å²) in [4.78, 5) is 26.0. The number of oxazole rings is 1. The van der Waals surface area contributed by atoms with Gasteiger partial charge in [-0.25, -0.2) is 18.2 Å². The lowest BCUT2D eigenvalue weighted by atomic mass is 10.2. The molecule has 0 radical (unpaired) electrons. The Labute approximate surface area is 159 Å². The highest BCUT2D eigenvalue weighted by Crippen LogP contribution is 2.25. The van der Waals surface area contributed by atoms with Crippen LogP contribution in [-0.4, -0.2) is 30.6 Å². The van der Waals surface area contributed by atoms with E-state index in [-0.39, 0.29) is 18.1 Å². The van der Waals surface area contributed by atoms with E-state index in [1.165, 1.54) is 6.20 Å². The van der Waals surface area contributed by atoms with E-state index in [1.807, 2.05) is 30.3 Å². The van der Waals surface area contributed by atoms with Crippen molar-refractivity contribution >= 4 is 21.5 Å². The molecule has 0 aliphatic heterocycles. The van der Waals surface area contributed by atoms with E-state index in [4.69, 9.17) is 9.15 Å². The summed E-state index contributed by atoms with van der Waals surface area (Å²) in [6.45, 7) is -0.284. The first-order valence-electron chi connectivity index (χ1n) is 7.91. The van der Waals surface area contributed by atoms with Gasteiger partial charge in [-0.05, 0) is 12.1 Å². The highest BCUT2D eigenvalue weighted by atomic mass is 32.2. The zero-order valence-electron chi connectivity index (χ0n) is 14.6.